The van der Waals surface area contributed by atoms with Crippen molar-refractivity contribution < 1.29 is 14.6 Å². The summed E-state index contributed by atoms with van der Waals surface area (Å²) in [6.45, 7) is 1.44. The lowest BCUT2D eigenvalue weighted by Crippen LogP contribution is -2.19. The molecule has 3 nitrogen and oxygen atoms in total. The molecule has 0 rings (SSSR count). The number of aliphatic hydroxyl groups is 1. The lowest BCUT2D eigenvalue weighted by Gasteiger charge is -2.01. The third-order valence-electron chi connectivity index (χ3n) is 0.752. The van der Waals surface area contributed by atoms with Crippen LogP contribution in [0.3, 0.4) is 0 Å². The van der Waals surface area contributed by atoms with Gasteiger partial charge in [0.15, 0.2) is 0 Å². The zero-order valence-corrected chi connectivity index (χ0v) is 6.34. The van der Waals surface area contributed by atoms with Gasteiger partial charge in [-0.25, -0.2) is 4.79 Å². The lowest BCUT2D eigenvalue weighted by atomic mass is 10.4. The first-order valence-electron chi connectivity index (χ1n) is 2.78. The van der Waals surface area contributed by atoms with E-state index in [1.807, 2.05) is 0 Å². The van der Waals surface area contributed by atoms with Gasteiger partial charge in [-0.2, -0.15) is 0 Å². The average molecular weight is 165 g/mol. The van der Waals surface area contributed by atoms with E-state index < -0.39 is 12.1 Å². The second kappa shape index (κ2) is 5.26. The molecule has 1 atom stereocenters. The molecule has 0 radical (unpaired) electrons. The molecule has 0 spiro atoms. The number of esters is 1. The molecule has 0 aromatic heterocycles. The molecule has 0 aliphatic rings. The number of hydrogen-bond donors (Lipinski definition) is 1. The molecular weight excluding hydrogens is 156 g/mol. The molecule has 0 unspecified atom stereocenters. The highest BCUT2D eigenvalue weighted by molar-refractivity contribution is 6.25. The highest BCUT2D eigenvalue weighted by Crippen LogP contribution is 1.87. The van der Waals surface area contributed by atoms with Crippen molar-refractivity contribution in [3.63, 3.8) is 0 Å². The normalized spacial score (nSPS) is 13.5. The predicted octanol–water partition coefficient (Wildman–Crippen LogP) is 0.663. The summed E-state index contributed by atoms with van der Waals surface area (Å²) < 4.78 is 4.48. The van der Waals surface area contributed by atoms with Gasteiger partial charge in [0.05, 0.1) is 0 Å². The number of halogens is 1. The second-order valence-electron chi connectivity index (χ2n) is 1.67. The van der Waals surface area contributed by atoms with Gasteiger partial charge in [-0.3, -0.25) is 0 Å². The van der Waals surface area contributed by atoms with E-state index in [9.17, 15) is 4.79 Å². The van der Waals surface area contributed by atoms with Crippen molar-refractivity contribution in [2.24, 2.45) is 0 Å². The Balaban J connectivity index is 3.40. The average Bonchev–Trinajstić information content (AvgIpc) is 1.88. The summed E-state index contributed by atoms with van der Waals surface area (Å²) >= 11 is 5.13. The molecule has 0 heterocycles. The van der Waals surface area contributed by atoms with Crippen LogP contribution in [0.2, 0.25) is 0 Å². The van der Waals surface area contributed by atoms with Gasteiger partial charge >= 0.3 is 5.97 Å². The lowest BCUT2D eigenvalue weighted by molar-refractivity contribution is -0.151. The van der Waals surface area contributed by atoms with Crippen LogP contribution in [0.25, 0.3) is 0 Å². The minimum atomic E-state index is -1.07. The highest BCUT2D eigenvalue weighted by atomic mass is 35.5. The van der Waals surface area contributed by atoms with Crippen LogP contribution in [0, 0.1) is 0 Å². The van der Waals surface area contributed by atoms with Crippen molar-refractivity contribution in [2.75, 3.05) is 6.61 Å². The minimum absolute atomic E-state index is 0.104. The van der Waals surface area contributed by atoms with Crippen molar-refractivity contribution in [1.29, 1.82) is 0 Å². The Morgan fingerprint density at radius 3 is 2.90 bits per heavy atom. The standard InChI is InChI=1S/C6H9ClO3/c1-5(8)6(9)10-4-2-3-7/h2-3,5,8H,4H2,1H3/b3-2+/t5-/m1/s1. The van der Waals surface area contributed by atoms with Gasteiger partial charge in [0.25, 0.3) is 0 Å². The van der Waals surface area contributed by atoms with E-state index in [0.717, 1.165) is 0 Å². The van der Waals surface area contributed by atoms with Crippen LogP contribution in [0.1, 0.15) is 6.92 Å². The summed E-state index contributed by atoms with van der Waals surface area (Å²) in [6.07, 6.45) is 0.394. The van der Waals surface area contributed by atoms with Crippen molar-refractivity contribution in [3.8, 4) is 0 Å². The molecule has 0 aliphatic carbocycles. The number of rotatable bonds is 3. The minimum Gasteiger partial charge on any atom is -0.460 e. The van der Waals surface area contributed by atoms with Gasteiger partial charge in [-0.1, -0.05) is 11.6 Å². The molecule has 0 saturated heterocycles. The van der Waals surface area contributed by atoms with Crippen molar-refractivity contribution >= 4 is 17.6 Å². The van der Waals surface area contributed by atoms with Gasteiger partial charge in [-0.15, -0.1) is 0 Å². The van der Waals surface area contributed by atoms with Gasteiger partial charge in [0.1, 0.15) is 12.7 Å². The summed E-state index contributed by atoms with van der Waals surface area (Å²) in [4.78, 5) is 10.5. The fraction of sp³-hybridized carbons (Fsp3) is 0.500. The van der Waals surface area contributed by atoms with Gasteiger partial charge in [0, 0.05) is 5.54 Å². The van der Waals surface area contributed by atoms with Crippen molar-refractivity contribution in [3.05, 3.63) is 11.6 Å². The summed E-state index contributed by atoms with van der Waals surface area (Å²) in [5, 5.41) is 8.59. The molecule has 0 fully saturated rings. The Morgan fingerprint density at radius 1 is 1.90 bits per heavy atom. The Morgan fingerprint density at radius 2 is 2.50 bits per heavy atom. The second-order valence-corrected chi connectivity index (χ2v) is 1.92. The zero-order chi connectivity index (χ0) is 7.98. The van der Waals surface area contributed by atoms with Crippen LogP contribution in [-0.4, -0.2) is 23.8 Å². The van der Waals surface area contributed by atoms with Crippen LogP contribution in [0.4, 0.5) is 0 Å². The highest BCUT2D eigenvalue weighted by Gasteiger charge is 2.07. The van der Waals surface area contributed by atoms with Crippen molar-refractivity contribution in [1.82, 2.24) is 0 Å². The Labute approximate surface area is 64.2 Å². The first kappa shape index (κ1) is 9.46. The molecule has 58 valence electrons. The molecule has 0 bridgehead atoms. The first-order valence-corrected chi connectivity index (χ1v) is 3.22. The van der Waals surface area contributed by atoms with Gasteiger partial charge in [-0.05, 0) is 13.0 Å². The quantitative estimate of drug-likeness (QED) is 0.624. The predicted molar refractivity (Wildman–Crippen MR) is 37.6 cm³/mol. The fourth-order valence-electron chi connectivity index (χ4n) is 0.287. The van der Waals surface area contributed by atoms with E-state index in [-0.39, 0.29) is 6.61 Å². The van der Waals surface area contributed by atoms with Crippen LogP contribution in [-0.2, 0) is 9.53 Å². The Hall–Kier alpha value is -0.540. The molecule has 0 aromatic rings. The maximum absolute atomic E-state index is 10.5. The summed E-state index contributed by atoms with van der Waals surface area (Å²) in [6, 6.07) is 0. The summed E-state index contributed by atoms with van der Waals surface area (Å²) in [5.41, 5.74) is 1.25. The molecule has 0 aromatic carbocycles. The fourth-order valence-corrected chi connectivity index (χ4v) is 0.360. The van der Waals surface area contributed by atoms with E-state index in [4.69, 9.17) is 16.7 Å². The van der Waals surface area contributed by atoms with E-state index in [2.05, 4.69) is 4.74 Å². The number of carbonyl (C=O) groups excluding carboxylic acids is 1. The Bertz CT molecular complexity index is 131. The molecular formula is C6H9ClO3. The summed E-state index contributed by atoms with van der Waals surface area (Å²) in [5.74, 6) is -0.644. The molecule has 0 amide bonds. The van der Waals surface area contributed by atoms with Gasteiger partial charge in [0.2, 0.25) is 0 Å². The van der Waals surface area contributed by atoms with E-state index in [1.54, 1.807) is 0 Å². The number of ether oxygens (including phenoxy) is 1. The molecule has 0 aliphatic heterocycles. The van der Waals surface area contributed by atoms with Crippen LogP contribution in [0.5, 0.6) is 0 Å². The SMILES string of the molecule is C[C@@H](O)C(=O)OC/C=C/Cl. The zero-order valence-electron chi connectivity index (χ0n) is 5.58. The maximum Gasteiger partial charge on any atom is 0.334 e. The maximum atomic E-state index is 10.5. The van der Waals surface area contributed by atoms with Crippen LogP contribution >= 0.6 is 11.6 Å². The smallest absolute Gasteiger partial charge is 0.334 e. The first-order chi connectivity index (χ1) is 4.68. The Kier molecular flexibility index (Phi) is 4.98. The van der Waals surface area contributed by atoms with Gasteiger partial charge < -0.3 is 9.84 Å². The topological polar surface area (TPSA) is 46.5 Å². The van der Waals surface area contributed by atoms with E-state index >= 15 is 0 Å². The summed E-state index contributed by atoms with van der Waals surface area (Å²) in [7, 11) is 0. The molecule has 0 saturated carbocycles. The monoisotopic (exact) mass is 164 g/mol. The molecule has 10 heavy (non-hydrogen) atoms. The molecule has 4 heteroatoms. The third-order valence-corrected chi connectivity index (χ3v) is 0.930. The number of aliphatic hydroxyl groups excluding tert-OH is 1. The van der Waals surface area contributed by atoms with E-state index in [1.165, 1.54) is 18.5 Å². The van der Waals surface area contributed by atoms with Crippen LogP contribution in [0.15, 0.2) is 11.6 Å². The number of carbonyl (C=O) groups is 1. The number of hydrogen-bond acceptors (Lipinski definition) is 3. The molecule has 1 N–H and O–H groups in total. The van der Waals surface area contributed by atoms with Crippen LogP contribution < -0.4 is 0 Å². The largest absolute Gasteiger partial charge is 0.460 e. The third kappa shape index (κ3) is 4.35. The van der Waals surface area contributed by atoms with E-state index in [0.29, 0.717) is 0 Å². The van der Waals surface area contributed by atoms with Crippen molar-refractivity contribution in [2.45, 2.75) is 13.0 Å².